The average molecular weight is 1900 g/mol. The molecule has 3 nitrogen and oxygen atoms in total. The lowest BCUT2D eigenvalue weighted by atomic mass is 9.73. The molecule has 0 fully saturated rings. The molecule has 1 spiro atoms. The lowest BCUT2D eigenvalue weighted by Crippen LogP contribution is -2.45. The van der Waals surface area contributed by atoms with Crippen molar-refractivity contribution < 1.29 is 14.7 Å². The molecule has 0 atom stereocenters. The molecule has 149 heavy (non-hydrogen) atoms. The Bertz CT molecular complexity index is 8010. The molecule has 0 saturated heterocycles. The topological polar surface area (TPSA) is 40.5 Å². The summed E-state index contributed by atoms with van der Waals surface area (Å²) in [5, 5.41) is 38.3. The average Bonchev–Trinajstić information content (AvgIpc) is 1.56. The van der Waals surface area contributed by atoms with Crippen molar-refractivity contribution in [1.82, 2.24) is 0 Å². The highest BCUT2D eigenvalue weighted by molar-refractivity contribution is 6.15. The summed E-state index contributed by atoms with van der Waals surface area (Å²) < 4.78 is 0.339. The smallest absolute Gasteiger partial charge is 0.141 e. The molecule has 2 N–H and O–H groups in total. The number of nitrogens with zero attached hydrogens (tertiary/aromatic N) is 1. The van der Waals surface area contributed by atoms with Crippen LogP contribution in [0.2, 0.25) is 0 Å². The van der Waals surface area contributed by atoms with Crippen LogP contribution < -0.4 is 0 Å². The van der Waals surface area contributed by atoms with E-state index in [4.69, 9.17) is 0 Å². The zero-order chi connectivity index (χ0) is 99.4. The van der Waals surface area contributed by atoms with E-state index in [1.807, 2.05) is 0 Å². The molecule has 24 aromatic rings. The minimum Gasteiger partial charge on any atom is -0.376 e. The van der Waals surface area contributed by atoms with Crippen LogP contribution in [0.25, 0.3) is 200 Å². The fourth-order valence-corrected chi connectivity index (χ4v) is 24.0. The predicted molar refractivity (Wildman–Crippen MR) is 620 cm³/mol. The van der Waals surface area contributed by atoms with Gasteiger partial charge in [-0.3, -0.25) is 0 Å². The highest BCUT2D eigenvalue weighted by Crippen LogP contribution is 2.57. The predicted octanol–water partition coefficient (Wildman–Crippen LogP) is 36.8. The SMILES string of the molecule is OC(c1cc(-c2ccccc2)cc(-c2ccccc2)c1)(c1cc(-c2ccccc2)cc(-c2ccccc2)c1)c1cccc2c1C[N+]1(Cc3cc(-c4cc(-c5ccccc5)cc(-c5ccccc5)c4)c4ccccc4c3-c3c(cc(-c4cc(-c5ccccc5)cc(-c5ccccc5)c4)c4ccccc34)C1)Cc1c-2cccc1C(O)(c1cc(-c2ccccc2)cc(-c2ccccc2)c1)c1cc(-c2ccccc2)cc(-c2ccccc2)c1. The van der Waals surface area contributed by atoms with Gasteiger partial charge >= 0.3 is 0 Å². The van der Waals surface area contributed by atoms with Crippen LogP contribution >= 0.6 is 0 Å². The van der Waals surface area contributed by atoms with Gasteiger partial charge in [0.15, 0.2) is 0 Å². The summed E-state index contributed by atoms with van der Waals surface area (Å²) >= 11 is 0. The second-order valence-electron chi connectivity index (χ2n) is 40.3. The van der Waals surface area contributed by atoms with Gasteiger partial charge < -0.3 is 14.7 Å². The highest BCUT2D eigenvalue weighted by atomic mass is 16.3. The van der Waals surface area contributed by atoms with Crippen molar-refractivity contribution in [3.05, 3.63) is 626 Å². The first-order chi connectivity index (χ1) is 73.5. The van der Waals surface area contributed by atoms with Gasteiger partial charge in [-0.25, -0.2) is 0 Å². The summed E-state index contributed by atoms with van der Waals surface area (Å²) in [4.78, 5) is 0. The summed E-state index contributed by atoms with van der Waals surface area (Å²) in [5.41, 5.74) is 38.1. The Hall–Kier alpha value is -18.3. The van der Waals surface area contributed by atoms with Crippen LogP contribution in [0.5, 0.6) is 0 Å². The Morgan fingerprint density at radius 2 is 0.315 bits per heavy atom. The molecule has 2 aliphatic rings. The van der Waals surface area contributed by atoms with Crippen molar-refractivity contribution in [2.24, 2.45) is 0 Å². The maximum atomic E-state index is 16.9. The van der Waals surface area contributed by atoms with E-state index in [0.29, 0.717) is 52.9 Å². The van der Waals surface area contributed by atoms with Crippen molar-refractivity contribution in [2.75, 3.05) is 0 Å². The van der Waals surface area contributed by atoms with Crippen LogP contribution in [0.15, 0.2) is 570 Å². The van der Waals surface area contributed by atoms with Gasteiger partial charge in [0.1, 0.15) is 37.4 Å². The first kappa shape index (κ1) is 90.7. The molecule has 2 aliphatic heterocycles. The zero-order valence-electron chi connectivity index (χ0n) is 82.4. The Balaban J connectivity index is 0.830. The summed E-state index contributed by atoms with van der Waals surface area (Å²) in [6.45, 7) is 1.65. The van der Waals surface area contributed by atoms with E-state index in [1.54, 1.807) is 0 Å². The van der Waals surface area contributed by atoms with Gasteiger partial charge in [0.2, 0.25) is 0 Å². The minimum atomic E-state index is -1.99. The minimum absolute atomic E-state index is 0.339. The second-order valence-corrected chi connectivity index (χ2v) is 40.3. The van der Waals surface area contributed by atoms with Gasteiger partial charge in [-0.05, 0) is 343 Å². The van der Waals surface area contributed by atoms with Crippen LogP contribution in [0.3, 0.4) is 0 Å². The quantitative estimate of drug-likeness (QED) is 0.0590. The molecule has 24 aromatic carbocycles. The van der Waals surface area contributed by atoms with Crippen molar-refractivity contribution >= 4 is 21.5 Å². The van der Waals surface area contributed by atoms with Gasteiger partial charge in [-0.15, -0.1) is 0 Å². The first-order valence-electron chi connectivity index (χ1n) is 51.7. The summed E-state index contributed by atoms with van der Waals surface area (Å²) in [7, 11) is 0. The van der Waals surface area contributed by atoms with Crippen molar-refractivity contribution in [2.45, 2.75) is 37.4 Å². The van der Waals surface area contributed by atoms with Gasteiger partial charge in [0.25, 0.3) is 0 Å². The van der Waals surface area contributed by atoms with Crippen LogP contribution in [-0.4, -0.2) is 14.7 Å². The molecule has 0 aliphatic carbocycles. The van der Waals surface area contributed by atoms with E-state index in [2.05, 4.69) is 570 Å². The Morgan fingerprint density at radius 3 is 0.517 bits per heavy atom. The van der Waals surface area contributed by atoms with Gasteiger partial charge in [-0.2, -0.15) is 0 Å². The van der Waals surface area contributed by atoms with Crippen LogP contribution in [0.4, 0.5) is 0 Å². The zero-order valence-corrected chi connectivity index (χ0v) is 82.4. The number of benzene rings is 24. The first-order valence-corrected chi connectivity index (χ1v) is 51.7. The molecule has 0 aromatic heterocycles. The summed E-state index contributed by atoms with van der Waals surface area (Å²) in [6.07, 6.45) is 0. The fourth-order valence-electron chi connectivity index (χ4n) is 24.0. The Morgan fingerprint density at radius 1 is 0.141 bits per heavy atom. The molecule has 0 unspecified atom stereocenters. The van der Waals surface area contributed by atoms with Crippen LogP contribution in [-0.2, 0) is 37.4 Å². The maximum Gasteiger partial charge on any atom is 0.141 e. The van der Waals surface area contributed by atoms with Crippen molar-refractivity contribution in [3.8, 4) is 178 Å². The van der Waals surface area contributed by atoms with E-state index in [-0.39, 0.29) is 0 Å². The monoisotopic (exact) mass is 1900 g/mol. The highest BCUT2D eigenvalue weighted by Gasteiger charge is 2.48. The van der Waals surface area contributed by atoms with Crippen molar-refractivity contribution in [1.29, 1.82) is 0 Å². The normalized spacial score (nSPS) is 12.6. The lowest BCUT2D eigenvalue weighted by molar-refractivity contribution is -0.978. The second kappa shape index (κ2) is 38.7. The molecule has 2 heterocycles. The third kappa shape index (κ3) is 17.1. The Kier molecular flexibility index (Phi) is 23.5. The molecule has 26 rings (SSSR count). The van der Waals surface area contributed by atoms with Crippen LogP contribution in [0.1, 0.15) is 55.6 Å². The van der Waals surface area contributed by atoms with E-state index < -0.39 is 11.2 Å². The number of hydrogen-bond acceptors (Lipinski definition) is 2. The van der Waals surface area contributed by atoms with Gasteiger partial charge in [0.05, 0.1) is 0 Å². The summed E-state index contributed by atoms with van der Waals surface area (Å²) in [6, 6.07) is 208. The van der Waals surface area contributed by atoms with Gasteiger partial charge in [0, 0.05) is 33.4 Å². The van der Waals surface area contributed by atoms with E-state index in [1.165, 1.54) is 22.3 Å². The number of fused-ring (bicyclic) bond motifs is 10. The molecular weight excluding hydrogens is 1800 g/mol. The Labute approximate surface area is 871 Å². The number of quaternary nitrogens is 1. The number of aliphatic hydroxyl groups is 2. The number of hydrogen-bond donors (Lipinski definition) is 2. The molecule has 0 saturated carbocycles. The van der Waals surface area contributed by atoms with E-state index in [0.717, 1.165) is 211 Å². The third-order valence-corrected chi connectivity index (χ3v) is 31.1. The lowest BCUT2D eigenvalue weighted by Gasteiger charge is -2.41. The molecule has 3 heteroatoms. The number of rotatable bonds is 20. The molecule has 0 radical (unpaired) electrons. The standard InChI is InChI=1S/C146H104NO2/c148-145(127-85-115(103-51-21-5-22-52-103)77-116(86-127)104-53-23-6-24-54-104,128-87-117(105-55-25-7-26-56-105)78-118(88-128)106-57-27-8-28-58-106)141-73-41-71-131-132-72-42-74-142(146(149,129-89-119(107-59-29-9-30-60-107)79-120(90-129)108-61-31-10-32-62-108)130-91-121(109-63-33-11-34-64-109)80-122(92-130)110-65-35-12-36-66-110)140(132)98-147(97-139(131)141)95-125-93-137(123-81-111(99-43-13-1-14-44-99)75-112(82-123)100-45-15-2-16-46-100)133-67-37-39-69-135(133)143(125)144-126(96-147)94-138(134-68-38-40-70-136(134)144)124-83-113(101-47-17-3-18-48-101)76-114(84-124)102-49-19-4-20-50-102/h1-94,148-149H,95-98H2/q+1. The molecule has 0 amide bonds. The van der Waals surface area contributed by atoms with Gasteiger partial charge in [-0.1, -0.05) is 449 Å². The third-order valence-electron chi connectivity index (χ3n) is 31.1. The maximum absolute atomic E-state index is 16.9. The molecule has 0 bridgehead atoms. The molecular formula is C146H104NO2+. The van der Waals surface area contributed by atoms with Crippen molar-refractivity contribution in [3.63, 3.8) is 0 Å². The largest absolute Gasteiger partial charge is 0.376 e. The molecule has 704 valence electrons. The van der Waals surface area contributed by atoms with Crippen LogP contribution in [0, 0.1) is 0 Å². The fraction of sp³-hybridized carbons (Fsp3) is 0.0411. The van der Waals surface area contributed by atoms with E-state index in [9.17, 15) is 0 Å². The van der Waals surface area contributed by atoms with E-state index >= 15 is 10.2 Å². The summed E-state index contributed by atoms with van der Waals surface area (Å²) in [5.74, 6) is 0.